The standard InChI is InChI=1S/C17H29NO2/c1-14(2)18(10-12-19)11-13-20-16-8-6-15(7-9-16)17(3,4)5/h6-9,14,19H,10-13H2,1-5H3. The Labute approximate surface area is 123 Å². The van der Waals surface area contributed by atoms with Gasteiger partial charge in [-0.25, -0.2) is 0 Å². The van der Waals surface area contributed by atoms with Gasteiger partial charge in [0.1, 0.15) is 12.4 Å². The van der Waals surface area contributed by atoms with Crippen molar-refractivity contribution < 1.29 is 9.84 Å². The maximum absolute atomic E-state index is 9.03. The highest BCUT2D eigenvalue weighted by Crippen LogP contribution is 2.24. The van der Waals surface area contributed by atoms with E-state index in [1.54, 1.807) is 0 Å². The molecule has 1 N–H and O–H groups in total. The third-order valence-electron chi connectivity index (χ3n) is 3.49. The first kappa shape index (κ1) is 17.0. The summed E-state index contributed by atoms with van der Waals surface area (Å²) in [5.41, 5.74) is 1.49. The zero-order valence-electron chi connectivity index (χ0n) is 13.5. The molecule has 114 valence electrons. The lowest BCUT2D eigenvalue weighted by Gasteiger charge is -2.25. The van der Waals surface area contributed by atoms with E-state index in [2.05, 4.69) is 51.7 Å². The van der Waals surface area contributed by atoms with Crippen LogP contribution in [0.15, 0.2) is 24.3 Å². The quantitative estimate of drug-likeness (QED) is 0.832. The van der Waals surface area contributed by atoms with Gasteiger partial charge in [0.05, 0.1) is 6.61 Å². The van der Waals surface area contributed by atoms with E-state index >= 15 is 0 Å². The monoisotopic (exact) mass is 279 g/mol. The summed E-state index contributed by atoms with van der Waals surface area (Å²) in [5, 5.41) is 9.03. The van der Waals surface area contributed by atoms with E-state index in [9.17, 15) is 0 Å². The predicted molar refractivity (Wildman–Crippen MR) is 84.4 cm³/mol. The molecule has 0 saturated carbocycles. The van der Waals surface area contributed by atoms with Crippen molar-refractivity contribution in [3.8, 4) is 5.75 Å². The van der Waals surface area contributed by atoms with Crippen LogP contribution in [0.4, 0.5) is 0 Å². The van der Waals surface area contributed by atoms with E-state index in [4.69, 9.17) is 9.84 Å². The lowest BCUT2D eigenvalue weighted by atomic mass is 9.87. The van der Waals surface area contributed by atoms with Crippen LogP contribution in [0.5, 0.6) is 5.75 Å². The summed E-state index contributed by atoms with van der Waals surface area (Å²) >= 11 is 0. The molecule has 3 heteroatoms. The molecule has 0 spiro atoms. The first-order valence-corrected chi connectivity index (χ1v) is 7.43. The SMILES string of the molecule is CC(C)N(CCO)CCOc1ccc(C(C)(C)C)cc1. The van der Waals surface area contributed by atoms with Crippen molar-refractivity contribution in [3.05, 3.63) is 29.8 Å². The lowest BCUT2D eigenvalue weighted by Crippen LogP contribution is -2.36. The minimum absolute atomic E-state index is 0.175. The molecule has 0 aromatic heterocycles. The number of aliphatic hydroxyl groups is 1. The first-order valence-electron chi connectivity index (χ1n) is 7.43. The van der Waals surface area contributed by atoms with Crippen molar-refractivity contribution in [1.82, 2.24) is 4.90 Å². The van der Waals surface area contributed by atoms with E-state index in [-0.39, 0.29) is 12.0 Å². The van der Waals surface area contributed by atoms with Gasteiger partial charge in [-0.15, -0.1) is 0 Å². The van der Waals surface area contributed by atoms with E-state index in [1.807, 2.05) is 12.1 Å². The van der Waals surface area contributed by atoms with Crippen LogP contribution in [0.2, 0.25) is 0 Å². The molecular formula is C17H29NO2. The first-order chi connectivity index (χ1) is 9.34. The highest BCUT2D eigenvalue weighted by Gasteiger charge is 2.13. The van der Waals surface area contributed by atoms with Crippen LogP contribution < -0.4 is 4.74 Å². The van der Waals surface area contributed by atoms with E-state index in [0.717, 1.165) is 12.3 Å². The zero-order valence-corrected chi connectivity index (χ0v) is 13.5. The number of rotatable bonds is 7. The van der Waals surface area contributed by atoms with Gasteiger partial charge in [-0.3, -0.25) is 4.90 Å². The summed E-state index contributed by atoms with van der Waals surface area (Å²) in [7, 11) is 0. The molecule has 0 fully saturated rings. The van der Waals surface area contributed by atoms with Crippen molar-refractivity contribution in [3.63, 3.8) is 0 Å². The fourth-order valence-corrected chi connectivity index (χ4v) is 2.09. The molecule has 0 bridgehead atoms. The van der Waals surface area contributed by atoms with Crippen LogP contribution in [0.1, 0.15) is 40.2 Å². The van der Waals surface area contributed by atoms with Crippen LogP contribution in [0.25, 0.3) is 0 Å². The molecule has 3 nitrogen and oxygen atoms in total. The van der Waals surface area contributed by atoms with Crippen molar-refractivity contribution in [1.29, 1.82) is 0 Å². The second-order valence-corrected chi connectivity index (χ2v) is 6.48. The Hall–Kier alpha value is -1.06. The molecule has 0 heterocycles. The number of benzene rings is 1. The molecule has 0 aliphatic carbocycles. The molecular weight excluding hydrogens is 250 g/mol. The molecule has 0 saturated heterocycles. The van der Waals surface area contributed by atoms with Gasteiger partial charge >= 0.3 is 0 Å². The largest absolute Gasteiger partial charge is 0.492 e. The van der Waals surface area contributed by atoms with E-state index < -0.39 is 0 Å². The molecule has 0 atom stereocenters. The minimum Gasteiger partial charge on any atom is -0.492 e. The van der Waals surface area contributed by atoms with Crippen molar-refractivity contribution in [2.45, 2.75) is 46.1 Å². The molecule has 0 aliphatic heterocycles. The average Bonchev–Trinajstić information content (AvgIpc) is 2.37. The van der Waals surface area contributed by atoms with E-state index in [0.29, 0.717) is 19.2 Å². The van der Waals surface area contributed by atoms with Crippen LogP contribution >= 0.6 is 0 Å². The van der Waals surface area contributed by atoms with Crippen LogP contribution in [-0.4, -0.2) is 42.4 Å². The van der Waals surface area contributed by atoms with Gasteiger partial charge in [0.25, 0.3) is 0 Å². The van der Waals surface area contributed by atoms with Gasteiger partial charge in [-0.05, 0) is 37.0 Å². The average molecular weight is 279 g/mol. The van der Waals surface area contributed by atoms with Crippen LogP contribution in [0.3, 0.4) is 0 Å². The van der Waals surface area contributed by atoms with Crippen LogP contribution in [-0.2, 0) is 5.41 Å². The Balaban J connectivity index is 2.46. The van der Waals surface area contributed by atoms with Gasteiger partial charge in [0.15, 0.2) is 0 Å². The van der Waals surface area contributed by atoms with Crippen molar-refractivity contribution in [2.75, 3.05) is 26.3 Å². The number of aliphatic hydroxyl groups excluding tert-OH is 1. The summed E-state index contributed by atoms with van der Waals surface area (Å²) in [5.74, 6) is 0.908. The third-order valence-corrected chi connectivity index (χ3v) is 3.49. The number of ether oxygens (including phenoxy) is 1. The summed E-state index contributed by atoms with van der Waals surface area (Å²) < 4.78 is 5.78. The van der Waals surface area contributed by atoms with Gasteiger partial charge in [-0.2, -0.15) is 0 Å². The summed E-state index contributed by atoms with van der Waals surface area (Å²) in [6.07, 6.45) is 0. The summed E-state index contributed by atoms with van der Waals surface area (Å²) in [6, 6.07) is 8.75. The second-order valence-electron chi connectivity index (χ2n) is 6.48. The molecule has 1 rings (SSSR count). The van der Waals surface area contributed by atoms with Gasteiger partial charge in [0.2, 0.25) is 0 Å². The second kappa shape index (κ2) is 7.65. The maximum atomic E-state index is 9.03. The normalized spacial score (nSPS) is 12.2. The molecule has 0 unspecified atom stereocenters. The Morgan fingerprint density at radius 3 is 2.15 bits per heavy atom. The highest BCUT2D eigenvalue weighted by molar-refractivity contribution is 5.31. The van der Waals surface area contributed by atoms with Gasteiger partial charge in [0, 0.05) is 19.1 Å². The maximum Gasteiger partial charge on any atom is 0.119 e. The van der Waals surface area contributed by atoms with Crippen LogP contribution in [0, 0.1) is 0 Å². The Morgan fingerprint density at radius 1 is 1.10 bits per heavy atom. The topological polar surface area (TPSA) is 32.7 Å². The minimum atomic E-state index is 0.175. The fraction of sp³-hybridized carbons (Fsp3) is 0.647. The number of hydrogen-bond acceptors (Lipinski definition) is 3. The summed E-state index contributed by atoms with van der Waals surface area (Å²) in [4.78, 5) is 2.21. The molecule has 1 aromatic rings. The number of nitrogens with zero attached hydrogens (tertiary/aromatic N) is 1. The Bertz CT molecular complexity index is 379. The van der Waals surface area contributed by atoms with E-state index in [1.165, 1.54) is 5.56 Å². The lowest BCUT2D eigenvalue weighted by molar-refractivity contribution is 0.141. The number of hydrogen-bond donors (Lipinski definition) is 1. The predicted octanol–water partition coefficient (Wildman–Crippen LogP) is 3.07. The Kier molecular flexibility index (Phi) is 6.50. The Morgan fingerprint density at radius 2 is 1.70 bits per heavy atom. The third kappa shape index (κ3) is 5.51. The molecule has 0 radical (unpaired) electrons. The molecule has 0 amide bonds. The summed E-state index contributed by atoms with van der Waals surface area (Å²) in [6.45, 7) is 13.3. The van der Waals surface area contributed by atoms with Gasteiger partial charge in [-0.1, -0.05) is 32.9 Å². The molecule has 20 heavy (non-hydrogen) atoms. The van der Waals surface area contributed by atoms with Crippen molar-refractivity contribution in [2.24, 2.45) is 0 Å². The van der Waals surface area contributed by atoms with Crippen molar-refractivity contribution >= 4 is 0 Å². The molecule has 1 aromatic carbocycles. The zero-order chi connectivity index (χ0) is 15.2. The molecule has 0 aliphatic rings. The van der Waals surface area contributed by atoms with Gasteiger partial charge < -0.3 is 9.84 Å². The fourth-order valence-electron chi connectivity index (χ4n) is 2.09. The highest BCUT2D eigenvalue weighted by atomic mass is 16.5. The smallest absolute Gasteiger partial charge is 0.119 e.